The summed E-state index contributed by atoms with van der Waals surface area (Å²) >= 11 is 0. The number of methoxy groups -OCH3 is 1. The van der Waals surface area contributed by atoms with E-state index in [1.165, 1.54) is 12.1 Å². The lowest BCUT2D eigenvalue weighted by atomic mass is 10.1. The van der Waals surface area contributed by atoms with Crippen LogP contribution in [0.5, 0.6) is 0 Å². The van der Waals surface area contributed by atoms with Crippen LogP contribution >= 0.6 is 0 Å². The Labute approximate surface area is 148 Å². The largest absolute Gasteiger partial charge is 0.478 e. The Kier molecular flexibility index (Phi) is 8.84. The number of sulfonamides is 1. The van der Waals surface area contributed by atoms with Gasteiger partial charge in [0, 0.05) is 38.6 Å². The molecule has 1 atom stereocenters. The Morgan fingerprint density at radius 1 is 1.36 bits per heavy atom. The predicted molar refractivity (Wildman–Crippen MR) is 94.7 cm³/mol. The highest BCUT2D eigenvalue weighted by Crippen LogP contribution is 2.21. The molecule has 0 aliphatic carbocycles. The molecule has 8 nitrogen and oxygen atoms in total. The molecule has 1 rings (SSSR count). The summed E-state index contributed by atoms with van der Waals surface area (Å²) in [5, 5.41) is 12.4. The van der Waals surface area contributed by atoms with Gasteiger partial charge in [0.1, 0.15) is 0 Å². The fourth-order valence-electron chi connectivity index (χ4n) is 2.16. The maximum absolute atomic E-state index is 12.3. The molecule has 0 amide bonds. The van der Waals surface area contributed by atoms with E-state index in [4.69, 9.17) is 9.47 Å². The number of hydrogen-bond donors (Lipinski definition) is 3. The molecular formula is C16H26N2O6S. The monoisotopic (exact) mass is 374 g/mol. The smallest absolute Gasteiger partial charge is 0.337 e. The average molecular weight is 374 g/mol. The van der Waals surface area contributed by atoms with Crippen LogP contribution in [0.1, 0.15) is 30.6 Å². The molecule has 0 bridgehead atoms. The van der Waals surface area contributed by atoms with Crippen molar-refractivity contribution >= 4 is 21.7 Å². The topological polar surface area (TPSA) is 114 Å². The van der Waals surface area contributed by atoms with Gasteiger partial charge >= 0.3 is 5.97 Å². The van der Waals surface area contributed by atoms with Gasteiger partial charge in [-0.25, -0.2) is 17.9 Å². The van der Waals surface area contributed by atoms with Gasteiger partial charge in [0.15, 0.2) is 0 Å². The van der Waals surface area contributed by atoms with Crippen molar-refractivity contribution in [1.29, 1.82) is 0 Å². The molecule has 0 aliphatic rings. The van der Waals surface area contributed by atoms with Crippen molar-refractivity contribution in [2.24, 2.45) is 0 Å². The van der Waals surface area contributed by atoms with Crippen LogP contribution in [0, 0.1) is 0 Å². The van der Waals surface area contributed by atoms with Gasteiger partial charge in [-0.15, -0.1) is 0 Å². The Morgan fingerprint density at radius 2 is 2.08 bits per heavy atom. The molecular weight excluding hydrogens is 348 g/mol. The third-order valence-corrected chi connectivity index (χ3v) is 4.77. The lowest BCUT2D eigenvalue weighted by Crippen LogP contribution is -2.26. The first-order valence-corrected chi connectivity index (χ1v) is 9.50. The highest BCUT2D eigenvalue weighted by atomic mass is 32.2. The van der Waals surface area contributed by atoms with Crippen molar-refractivity contribution in [3.63, 3.8) is 0 Å². The van der Waals surface area contributed by atoms with Gasteiger partial charge in [-0.05, 0) is 38.5 Å². The van der Waals surface area contributed by atoms with E-state index in [1.807, 2.05) is 13.8 Å². The van der Waals surface area contributed by atoms with Crippen LogP contribution in [0.4, 0.5) is 5.69 Å². The Balaban J connectivity index is 2.90. The van der Waals surface area contributed by atoms with Crippen molar-refractivity contribution in [2.75, 3.05) is 38.8 Å². The first-order valence-electron chi connectivity index (χ1n) is 8.02. The summed E-state index contributed by atoms with van der Waals surface area (Å²) in [7, 11) is -2.24. The molecule has 9 heteroatoms. The van der Waals surface area contributed by atoms with Crippen molar-refractivity contribution in [2.45, 2.75) is 31.2 Å². The summed E-state index contributed by atoms with van der Waals surface area (Å²) in [5.74, 6) is -1.21. The number of rotatable bonds is 12. The lowest BCUT2D eigenvalue weighted by molar-refractivity contribution is 0.0697. The van der Waals surface area contributed by atoms with Crippen molar-refractivity contribution in [1.82, 2.24) is 4.72 Å². The molecule has 0 saturated carbocycles. The molecule has 0 spiro atoms. The summed E-state index contributed by atoms with van der Waals surface area (Å²) in [6.45, 7) is 5.33. The predicted octanol–water partition coefficient (Wildman–Crippen LogP) is 1.54. The molecule has 0 aromatic heterocycles. The second-order valence-corrected chi connectivity index (χ2v) is 7.23. The number of benzene rings is 1. The molecule has 1 aromatic rings. The number of carbonyl (C=O) groups is 1. The molecule has 0 radical (unpaired) electrons. The van der Waals surface area contributed by atoms with Crippen LogP contribution in [0.15, 0.2) is 23.1 Å². The lowest BCUT2D eigenvalue weighted by Gasteiger charge is -2.17. The molecule has 3 N–H and O–H groups in total. The summed E-state index contributed by atoms with van der Waals surface area (Å²) in [4.78, 5) is 11.4. The summed E-state index contributed by atoms with van der Waals surface area (Å²) in [5.41, 5.74) is 0.229. The van der Waals surface area contributed by atoms with Crippen LogP contribution in [-0.4, -0.2) is 59.0 Å². The highest BCUT2D eigenvalue weighted by Gasteiger charge is 2.19. The molecule has 1 aromatic carbocycles. The number of carboxylic acid groups (broad SMARTS) is 1. The summed E-state index contributed by atoms with van der Waals surface area (Å²) in [6, 6.07) is 3.85. The fraction of sp³-hybridized carbons (Fsp3) is 0.562. The normalized spacial score (nSPS) is 12.8. The maximum Gasteiger partial charge on any atom is 0.337 e. The third kappa shape index (κ3) is 6.99. The molecule has 142 valence electrons. The zero-order valence-corrected chi connectivity index (χ0v) is 15.6. The van der Waals surface area contributed by atoms with Crippen LogP contribution in [-0.2, 0) is 19.5 Å². The summed E-state index contributed by atoms with van der Waals surface area (Å²) < 4.78 is 37.2. The number of aromatic carboxylic acids is 1. The van der Waals surface area contributed by atoms with Crippen LogP contribution in [0.25, 0.3) is 0 Å². The number of carboxylic acids is 1. The van der Waals surface area contributed by atoms with Crippen molar-refractivity contribution in [3.8, 4) is 0 Å². The van der Waals surface area contributed by atoms with E-state index in [2.05, 4.69) is 10.0 Å². The molecule has 0 fully saturated rings. The van der Waals surface area contributed by atoms with Gasteiger partial charge in [0.05, 0.1) is 17.1 Å². The second-order valence-electron chi connectivity index (χ2n) is 5.46. The van der Waals surface area contributed by atoms with Gasteiger partial charge in [0.2, 0.25) is 10.0 Å². The highest BCUT2D eigenvalue weighted by molar-refractivity contribution is 7.89. The quantitative estimate of drug-likeness (QED) is 0.475. The molecule has 0 aliphatic heterocycles. The van der Waals surface area contributed by atoms with E-state index >= 15 is 0 Å². The van der Waals surface area contributed by atoms with E-state index in [9.17, 15) is 18.3 Å². The van der Waals surface area contributed by atoms with Gasteiger partial charge in [-0.1, -0.05) is 0 Å². The maximum atomic E-state index is 12.3. The summed E-state index contributed by atoms with van der Waals surface area (Å²) in [6.07, 6.45) is 0.535. The zero-order chi connectivity index (χ0) is 18.9. The van der Waals surface area contributed by atoms with Gasteiger partial charge < -0.3 is 19.9 Å². The zero-order valence-electron chi connectivity index (χ0n) is 14.7. The van der Waals surface area contributed by atoms with Crippen molar-refractivity contribution < 1.29 is 27.8 Å². The fourth-order valence-corrected chi connectivity index (χ4v) is 3.26. The molecule has 0 unspecified atom stereocenters. The van der Waals surface area contributed by atoms with Crippen LogP contribution in [0.2, 0.25) is 0 Å². The van der Waals surface area contributed by atoms with E-state index in [1.54, 1.807) is 7.11 Å². The number of anilines is 1. The Bertz CT molecular complexity index is 663. The first-order chi connectivity index (χ1) is 11.8. The molecule has 0 saturated heterocycles. The van der Waals surface area contributed by atoms with E-state index < -0.39 is 16.0 Å². The minimum Gasteiger partial charge on any atom is -0.478 e. The third-order valence-electron chi connectivity index (χ3n) is 3.31. The van der Waals surface area contributed by atoms with Crippen LogP contribution in [0.3, 0.4) is 0 Å². The minimum atomic E-state index is -3.78. The molecule has 25 heavy (non-hydrogen) atoms. The van der Waals surface area contributed by atoms with Gasteiger partial charge in [-0.3, -0.25) is 0 Å². The average Bonchev–Trinajstić information content (AvgIpc) is 2.54. The number of hydrogen-bond acceptors (Lipinski definition) is 6. The Hall–Kier alpha value is -1.68. The van der Waals surface area contributed by atoms with E-state index in [0.717, 1.165) is 6.07 Å². The Morgan fingerprint density at radius 3 is 2.68 bits per heavy atom. The van der Waals surface area contributed by atoms with Gasteiger partial charge in [-0.2, -0.15) is 0 Å². The SMILES string of the molecule is CCOCCCNS(=O)(=O)c1ccc(N[C@@H](C)COC)c(C(=O)O)c1. The van der Waals surface area contributed by atoms with Crippen molar-refractivity contribution in [3.05, 3.63) is 23.8 Å². The van der Waals surface area contributed by atoms with Gasteiger partial charge in [0.25, 0.3) is 0 Å². The first kappa shape index (κ1) is 21.4. The van der Waals surface area contributed by atoms with E-state index in [-0.39, 0.29) is 23.0 Å². The molecule has 0 heterocycles. The number of ether oxygens (including phenoxy) is 2. The number of nitrogens with one attached hydrogen (secondary N) is 2. The second kappa shape index (κ2) is 10.3. The minimum absolute atomic E-state index is 0.0914. The van der Waals surface area contributed by atoms with Crippen LogP contribution < -0.4 is 10.0 Å². The van der Waals surface area contributed by atoms with E-state index in [0.29, 0.717) is 31.9 Å². The standard InChI is InChI=1S/C16H26N2O6S/c1-4-24-9-5-8-17-25(21,22)13-6-7-15(14(10-13)16(19)20)18-12(2)11-23-3/h6-7,10,12,17-18H,4-5,8-9,11H2,1-3H3,(H,19,20)/t12-/m0/s1.